The number of rotatable bonds is 1. The van der Waals surface area contributed by atoms with Crippen LogP contribution in [0.1, 0.15) is 21.3 Å². The maximum absolute atomic E-state index is 2.42. The highest BCUT2D eigenvalue weighted by atomic mass is 15.1. The third kappa shape index (κ3) is 2.19. The second-order valence-corrected chi connectivity index (χ2v) is 2.52. The first kappa shape index (κ1) is 8.70. The first-order chi connectivity index (χ1) is 3.80. The SMILES string of the molecule is C.CC(C)N1CC=CC1. The second kappa shape index (κ2) is 3.67. The van der Waals surface area contributed by atoms with Gasteiger partial charge in [0.1, 0.15) is 0 Å². The molecule has 0 unspecified atom stereocenters. The van der Waals surface area contributed by atoms with Crippen molar-refractivity contribution in [1.82, 2.24) is 4.90 Å². The summed E-state index contributed by atoms with van der Waals surface area (Å²) in [5.41, 5.74) is 0. The number of hydrogen-bond acceptors (Lipinski definition) is 1. The van der Waals surface area contributed by atoms with Crippen molar-refractivity contribution in [2.75, 3.05) is 13.1 Å². The molecule has 0 aliphatic carbocycles. The average Bonchev–Trinajstić information content (AvgIpc) is 2.12. The van der Waals surface area contributed by atoms with Crippen LogP contribution in [0, 0.1) is 0 Å². The van der Waals surface area contributed by atoms with Gasteiger partial charge in [-0.05, 0) is 13.8 Å². The van der Waals surface area contributed by atoms with Crippen LogP contribution in [0.2, 0.25) is 0 Å². The molecule has 0 spiro atoms. The van der Waals surface area contributed by atoms with E-state index in [9.17, 15) is 0 Å². The molecule has 0 aromatic rings. The zero-order valence-electron chi connectivity index (χ0n) is 5.59. The molecule has 54 valence electrons. The zero-order valence-corrected chi connectivity index (χ0v) is 5.59. The van der Waals surface area contributed by atoms with Gasteiger partial charge < -0.3 is 0 Å². The molecule has 0 saturated carbocycles. The molecule has 0 saturated heterocycles. The van der Waals surface area contributed by atoms with Crippen molar-refractivity contribution in [2.24, 2.45) is 0 Å². The Hall–Kier alpha value is -0.300. The van der Waals surface area contributed by atoms with E-state index in [2.05, 4.69) is 30.9 Å². The van der Waals surface area contributed by atoms with E-state index in [1.165, 1.54) is 0 Å². The molecule has 9 heavy (non-hydrogen) atoms. The van der Waals surface area contributed by atoms with E-state index >= 15 is 0 Å². The Kier molecular flexibility index (Phi) is 3.55. The fourth-order valence-electron chi connectivity index (χ4n) is 0.916. The third-order valence-electron chi connectivity index (χ3n) is 1.58. The van der Waals surface area contributed by atoms with Crippen LogP contribution in [0.4, 0.5) is 0 Å². The van der Waals surface area contributed by atoms with Crippen LogP contribution < -0.4 is 0 Å². The normalized spacial score (nSPS) is 18.6. The van der Waals surface area contributed by atoms with Crippen LogP contribution in [0.15, 0.2) is 12.2 Å². The number of hydrogen-bond donors (Lipinski definition) is 0. The molecule has 1 aliphatic heterocycles. The van der Waals surface area contributed by atoms with Crippen molar-refractivity contribution in [3.05, 3.63) is 12.2 Å². The Bertz CT molecular complexity index is 86.7. The summed E-state index contributed by atoms with van der Waals surface area (Å²) in [6.45, 7) is 6.76. The van der Waals surface area contributed by atoms with Gasteiger partial charge >= 0.3 is 0 Å². The predicted octanol–water partition coefficient (Wildman–Crippen LogP) is 1.90. The summed E-state index contributed by atoms with van der Waals surface area (Å²) < 4.78 is 0. The fourth-order valence-corrected chi connectivity index (χ4v) is 0.916. The van der Waals surface area contributed by atoms with Crippen molar-refractivity contribution >= 4 is 0 Å². The van der Waals surface area contributed by atoms with Gasteiger partial charge in [0.15, 0.2) is 0 Å². The van der Waals surface area contributed by atoms with E-state index in [0.29, 0.717) is 6.04 Å². The van der Waals surface area contributed by atoms with Gasteiger partial charge in [-0.3, -0.25) is 4.90 Å². The molecule has 0 aromatic carbocycles. The van der Waals surface area contributed by atoms with E-state index in [0.717, 1.165) is 13.1 Å². The standard InChI is InChI=1S/C7H13N.CH4/c1-7(2)8-5-3-4-6-8;/h3-4,7H,5-6H2,1-2H3;1H4. The van der Waals surface area contributed by atoms with Crippen LogP contribution in [-0.4, -0.2) is 24.0 Å². The van der Waals surface area contributed by atoms with Crippen molar-refractivity contribution in [3.8, 4) is 0 Å². The Balaban J connectivity index is 0.000000640. The minimum absolute atomic E-state index is 0. The van der Waals surface area contributed by atoms with Crippen molar-refractivity contribution < 1.29 is 0 Å². The zero-order chi connectivity index (χ0) is 5.98. The maximum atomic E-state index is 2.42. The average molecular weight is 127 g/mol. The van der Waals surface area contributed by atoms with Gasteiger partial charge in [-0.15, -0.1) is 0 Å². The molecule has 0 N–H and O–H groups in total. The fraction of sp³-hybridized carbons (Fsp3) is 0.750. The van der Waals surface area contributed by atoms with Crippen molar-refractivity contribution in [3.63, 3.8) is 0 Å². The molecule has 0 aromatic heterocycles. The summed E-state index contributed by atoms with van der Waals surface area (Å²) in [5.74, 6) is 0. The lowest BCUT2D eigenvalue weighted by Gasteiger charge is -2.18. The monoisotopic (exact) mass is 127 g/mol. The molecule has 0 amide bonds. The summed E-state index contributed by atoms with van der Waals surface area (Å²) in [5, 5.41) is 0. The van der Waals surface area contributed by atoms with E-state index in [1.54, 1.807) is 0 Å². The highest BCUT2D eigenvalue weighted by Gasteiger charge is 2.07. The van der Waals surface area contributed by atoms with Crippen LogP contribution in [-0.2, 0) is 0 Å². The van der Waals surface area contributed by atoms with Crippen molar-refractivity contribution in [2.45, 2.75) is 27.3 Å². The van der Waals surface area contributed by atoms with Crippen LogP contribution in [0.3, 0.4) is 0 Å². The molecule has 0 radical (unpaired) electrons. The molecular formula is C8H17N. The van der Waals surface area contributed by atoms with Crippen molar-refractivity contribution in [1.29, 1.82) is 0 Å². The largest absolute Gasteiger partial charge is 0.294 e. The molecule has 1 rings (SSSR count). The topological polar surface area (TPSA) is 3.24 Å². The molecule has 0 bridgehead atoms. The summed E-state index contributed by atoms with van der Waals surface area (Å²) >= 11 is 0. The lowest BCUT2D eigenvalue weighted by molar-refractivity contribution is 0.288. The van der Waals surface area contributed by atoms with Gasteiger partial charge in [-0.2, -0.15) is 0 Å². The Labute approximate surface area is 58.4 Å². The molecule has 1 aliphatic rings. The highest BCUT2D eigenvalue weighted by Crippen LogP contribution is 2.02. The Morgan fingerprint density at radius 2 is 1.67 bits per heavy atom. The minimum Gasteiger partial charge on any atom is -0.294 e. The number of nitrogens with zero attached hydrogens (tertiary/aromatic N) is 1. The third-order valence-corrected chi connectivity index (χ3v) is 1.58. The van der Waals surface area contributed by atoms with E-state index in [1.807, 2.05) is 0 Å². The molecular weight excluding hydrogens is 110 g/mol. The molecule has 1 heterocycles. The summed E-state index contributed by atoms with van der Waals surface area (Å²) in [4.78, 5) is 2.42. The maximum Gasteiger partial charge on any atom is 0.0169 e. The van der Waals surface area contributed by atoms with E-state index < -0.39 is 0 Å². The van der Waals surface area contributed by atoms with Gasteiger partial charge in [-0.1, -0.05) is 19.6 Å². The summed E-state index contributed by atoms with van der Waals surface area (Å²) in [6.07, 6.45) is 4.44. The van der Waals surface area contributed by atoms with Gasteiger partial charge in [0.2, 0.25) is 0 Å². The first-order valence-corrected chi connectivity index (χ1v) is 3.20. The summed E-state index contributed by atoms with van der Waals surface area (Å²) in [6, 6.07) is 0.713. The van der Waals surface area contributed by atoms with Gasteiger partial charge in [0.25, 0.3) is 0 Å². The Morgan fingerprint density at radius 1 is 1.22 bits per heavy atom. The molecule has 1 heteroatoms. The van der Waals surface area contributed by atoms with Gasteiger partial charge in [0.05, 0.1) is 0 Å². The molecule has 0 fully saturated rings. The quantitative estimate of drug-likeness (QED) is 0.486. The second-order valence-electron chi connectivity index (χ2n) is 2.52. The lowest BCUT2D eigenvalue weighted by atomic mass is 10.3. The predicted molar refractivity (Wildman–Crippen MR) is 42.6 cm³/mol. The lowest BCUT2D eigenvalue weighted by Crippen LogP contribution is -2.27. The van der Waals surface area contributed by atoms with Gasteiger partial charge in [-0.25, -0.2) is 0 Å². The Morgan fingerprint density at radius 3 is 1.89 bits per heavy atom. The molecule has 0 atom stereocenters. The van der Waals surface area contributed by atoms with E-state index in [-0.39, 0.29) is 7.43 Å². The first-order valence-electron chi connectivity index (χ1n) is 3.20. The highest BCUT2D eigenvalue weighted by molar-refractivity contribution is 4.96. The van der Waals surface area contributed by atoms with Gasteiger partial charge in [0, 0.05) is 19.1 Å². The van der Waals surface area contributed by atoms with E-state index in [4.69, 9.17) is 0 Å². The summed E-state index contributed by atoms with van der Waals surface area (Å²) in [7, 11) is 0. The minimum atomic E-state index is 0. The molecule has 1 nitrogen and oxygen atoms in total. The van der Waals surface area contributed by atoms with Crippen LogP contribution in [0.25, 0.3) is 0 Å². The van der Waals surface area contributed by atoms with Crippen LogP contribution in [0.5, 0.6) is 0 Å². The smallest absolute Gasteiger partial charge is 0.0169 e. The van der Waals surface area contributed by atoms with Crippen LogP contribution >= 0.6 is 0 Å².